The van der Waals surface area contributed by atoms with E-state index < -0.39 is 0 Å². The predicted molar refractivity (Wildman–Crippen MR) is 76.8 cm³/mol. The molecule has 0 aliphatic heterocycles. The fourth-order valence-corrected chi connectivity index (χ4v) is 2.41. The van der Waals surface area contributed by atoms with Crippen molar-refractivity contribution in [1.82, 2.24) is 0 Å². The minimum absolute atomic E-state index is 0.227. The van der Waals surface area contributed by atoms with E-state index in [0.29, 0.717) is 5.56 Å². The van der Waals surface area contributed by atoms with Crippen LogP contribution >= 0.6 is 0 Å². The summed E-state index contributed by atoms with van der Waals surface area (Å²) in [6.07, 6.45) is 0. The van der Waals surface area contributed by atoms with Gasteiger partial charge in [0.15, 0.2) is 0 Å². The van der Waals surface area contributed by atoms with Crippen molar-refractivity contribution >= 4 is 5.97 Å². The highest BCUT2D eigenvalue weighted by atomic mass is 16.5. The summed E-state index contributed by atoms with van der Waals surface area (Å²) in [7, 11) is 1.37. The average molecular weight is 264 g/mol. The molecule has 0 aliphatic rings. The number of carbonyl (C=O) groups is 1. The Kier molecular flexibility index (Phi) is 3.99. The van der Waals surface area contributed by atoms with Crippen molar-refractivity contribution in [3.05, 3.63) is 28.8 Å². The number of carbonyl (C=O) groups excluding carboxylic acids is 1. The van der Waals surface area contributed by atoms with Crippen molar-refractivity contribution in [1.29, 1.82) is 0 Å². The van der Waals surface area contributed by atoms with E-state index in [0.717, 1.165) is 11.1 Å². The average Bonchev–Trinajstić information content (AvgIpc) is 2.24. The molecular formula is C16H24O3. The second-order valence-electron chi connectivity index (χ2n) is 6.87. The highest BCUT2D eigenvalue weighted by Gasteiger charge is 2.32. The lowest BCUT2D eigenvalue weighted by Crippen LogP contribution is -2.25. The maximum atomic E-state index is 12.0. The first-order valence-corrected chi connectivity index (χ1v) is 6.45. The summed E-state index contributed by atoms with van der Waals surface area (Å²) in [5.41, 5.74) is 1.68. The molecule has 1 rings (SSSR count). The summed E-state index contributed by atoms with van der Waals surface area (Å²) < 4.78 is 4.86. The highest BCUT2D eigenvalue weighted by molar-refractivity contribution is 5.92. The third-order valence-electron chi connectivity index (χ3n) is 3.09. The zero-order valence-electron chi connectivity index (χ0n) is 12.9. The first-order chi connectivity index (χ1) is 8.50. The molecule has 0 bridgehead atoms. The van der Waals surface area contributed by atoms with Crippen LogP contribution in [0.1, 0.15) is 63.0 Å². The fourth-order valence-electron chi connectivity index (χ4n) is 2.41. The van der Waals surface area contributed by atoms with Crippen LogP contribution in [-0.2, 0) is 15.6 Å². The van der Waals surface area contributed by atoms with E-state index in [2.05, 4.69) is 0 Å². The molecule has 1 aromatic rings. The van der Waals surface area contributed by atoms with Crippen LogP contribution in [0.25, 0.3) is 0 Å². The van der Waals surface area contributed by atoms with Crippen molar-refractivity contribution in [2.24, 2.45) is 0 Å². The maximum Gasteiger partial charge on any atom is 0.338 e. The molecule has 3 heteroatoms. The number of rotatable bonds is 1. The van der Waals surface area contributed by atoms with Crippen LogP contribution in [-0.4, -0.2) is 18.2 Å². The third-order valence-corrected chi connectivity index (χ3v) is 3.09. The molecule has 0 aliphatic carbocycles. The number of benzene rings is 1. The molecule has 1 N–H and O–H groups in total. The van der Waals surface area contributed by atoms with Gasteiger partial charge in [-0.15, -0.1) is 0 Å². The molecule has 19 heavy (non-hydrogen) atoms. The number of phenols is 1. The Morgan fingerprint density at radius 1 is 1.00 bits per heavy atom. The van der Waals surface area contributed by atoms with Crippen LogP contribution in [0.2, 0.25) is 0 Å². The van der Waals surface area contributed by atoms with Crippen LogP contribution in [0.4, 0.5) is 0 Å². The molecule has 0 saturated heterocycles. The van der Waals surface area contributed by atoms with Crippen LogP contribution in [0.5, 0.6) is 5.75 Å². The molecule has 0 spiro atoms. The number of methoxy groups -OCH3 is 1. The van der Waals surface area contributed by atoms with E-state index in [9.17, 15) is 9.90 Å². The minimum Gasteiger partial charge on any atom is -0.508 e. The van der Waals surface area contributed by atoms with Gasteiger partial charge in [-0.1, -0.05) is 41.5 Å². The van der Waals surface area contributed by atoms with E-state index in [4.69, 9.17) is 4.74 Å². The molecule has 106 valence electrons. The van der Waals surface area contributed by atoms with E-state index in [1.165, 1.54) is 7.11 Å². The Hall–Kier alpha value is -1.51. The third kappa shape index (κ3) is 3.09. The number of phenolic OH excluding ortho intramolecular Hbond substituents is 1. The largest absolute Gasteiger partial charge is 0.508 e. The summed E-state index contributed by atoms with van der Waals surface area (Å²) in [5, 5.41) is 10.2. The van der Waals surface area contributed by atoms with Crippen molar-refractivity contribution in [3.63, 3.8) is 0 Å². The lowest BCUT2D eigenvalue weighted by molar-refractivity contribution is 0.0597. The maximum absolute atomic E-state index is 12.0. The van der Waals surface area contributed by atoms with Crippen LogP contribution in [0.15, 0.2) is 12.1 Å². The summed E-state index contributed by atoms with van der Waals surface area (Å²) >= 11 is 0. The van der Waals surface area contributed by atoms with Gasteiger partial charge in [0.25, 0.3) is 0 Å². The van der Waals surface area contributed by atoms with Gasteiger partial charge in [0.05, 0.1) is 12.7 Å². The molecule has 0 fully saturated rings. The molecule has 0 amide bonds. The number of aromatic hydroxyl groups is 1. The molecule has 0 radical (unpaired) electrons. The standard InChI is InChI=1S/C16H24O3/c1-15(2,3)12-10(14(18)19-7)8-9-11(17)13(12)16(4,5)6/h8-9,17H,1-7H3. The van der Waals surface area contributed by atoms with Crippen molar-refractivity contribution in [2.45, 2.75) is 52.4 Å². The van der Waals surface area contributed by atoms with Crippen LogP contribution < -0.4 is 0 Å². The Bertz CT molecular complexity index is 488. The monoisotopic (exact) mass is 264 g/mol. The molecule has 0 atom stereocenters. The van der Waals surface area contributed by atoms with Crippen molar-refractivity contribution in [3.8, 4) is 5.75 Å². The van der Waals surface area contributed by atoms with Gasteiger partial charge in [-0.05, 0) is 28.5 Å². The van der Waals surface area contributed by atoms with E-state index in [-0.39, 0.29) is 22.5 Å². The van der Waals surface area contributed by atoms with E-state index in [1.807, 2.05) is 41.5 Å². The second-order valence-corrected chi connectivity index (χ2v) is 6.87. The van der Waals surface area contributed by atoms with Gasteiger partial charge in [0.2, 0.25) is 0 Å². The van der Waals surface area contributed by atoms with Gasteiger partial charge < -0.3 is 9.84 Å². The Morgan fingerprint density at radius 2 is 1.47 bits per heavy atom. The van der Waals surface area contributed by atoms with Gasteiger partial charge in [-0.2, -0.15) is 0 Å². The van der Waals surface area contributed by atoms with Crippen molar-refractivity contribution < 1.29 is 14.6 Å². The molecule has 3 nitrogen and oxygen atoms in total. The SMILES string of the molecule is COC(=O)c1ccc(O)c(C(C)(C)C)c1C(C)(C)C. The van der Waals surface area contributed by atoms with Gasteiger partial charge in [-0.3, -0.25) is 0 Å². The lowest BCUT2D eigenvalue weighted by atomic mass is 9.72. The molecule has 0 aromatic heterocycles. The lowest BCUT2D eigenvalue weighted by Gasteiger charge is -2.32. The molecule has 0 saturated carbocycles. The molecule has 1 aromatic carbocycles. The second kappa shape index (κ2) is 4.87. The Labute approximate surface area is 115 Å². The number of hydrogen-bond acceptors (Lipinski definition) is 3. The van der Waals surface area contributed by atoms with Gasteiger partial charge in [-0.25, -0.2) is 4.79 Å². The normalized spacial score (nSPS) is 12.4. The van der Waals surface area contributed by atoms with E-state index >= 15 is 0 Å². The molecular weight excluding hydrogens is 240 g/mol. The smallest absolute Gasteiger partial charge is 0.338 e. The highest BCUT2D eigenvalue weighted by Crippen LogP contribution is 2.41. The molecule has 0 heterocycles. The summed E-state index contributed by atoms with van der Waals surface area (Å²) in [4.78, 5) is 12.0. The van der Waals surface area contributed by atoms with Crippen LogP contribution in [0, 0.1) is 0 Å². The van der Waals surface area contributed by atoms with Crippen molar-refractivity contribution in [2.75, 3.05) is 7.11 Å². The van der Waals surface area contributed by atoms with Crippen LogP contribution in [0.3, 0.4) is 0 Å². The minimum atomic E-state index is -0.365. The zero-order valence-corrected chi connectivity index (χ0v) is 12.9. The Balaban J connectivity index is 3.76. The van der Waals surface area contributed by atoms with Gasteiger partial charge in [0.1, 0.15) is 5.75 Å². The quantitative estimate of drug-likeness (QED) is 0.785. The van der Waals surface area contributed by atoms with Gasteiger partial charge >= 0.3 is 5.97 Å². The molecule has 0 unspecified atom stereocenters. The predicted octanol–water partition coefficient (Wildman–Crippen LogP) is 3.77. The number of hydrogen-bond donors (Lipinski definition) is 1. The first-order valence-electron chi connectivity index (χ1n) is 6.45. The zero-order chi connectivity index (χ0) is 15.0. The summed E-state index contributed by atoms with van der Waals surface area (Å²) in [6.45, 7) is 12.2. The number of ether oxygens (including phenoxy) is 1. The topological polar surface area (TPSA) is 46.5 Å². The number of esters is 1. The Morgan fingerprint density at radius 3 is 1.84 bits per heavy atom. The van der Waals surface area contributed by atoms with Gasteiger partial charge in [0, 0.05) is 5.56 Å². The fraction of sp³-hybridized carbons (Fsp3) is 0.562. The first kappa shape index (κ1) is 15.5. The summed E-state index contributed by atoms with van der Waals surface area (Å²) in [5.74, 6) is -0.138. The summed E-state index contributed by atoms with van der Waals surface area (Å²) in [6, 6.07) is 3.21. The van der Waals surface area contributed by atoms with E-state index in [1.54, 1.807) is 12.1 Å².